The quantitative estimate of drug-likeness (QED) is 0.152. The fourth-order valence-electron chi connectivity index (χ4n) is 9.13. The van der Waals surface area contributed by atoms with Gasteiger partial charge in [0, 0.05) is 56.4 Å². The lowest BCUT2D eigenvalue weighted by molar-refractivity contribution is -0.136. The molecular weight excluding hydrogens is 733 g/mol. The van der Waals surface area contributed by atoms with Crippen molar-refractivity contribution in [2.75, 3.05) is 48.3 Å². The van der Waals surface area contributed by atoms with Crippen LogP contribution in [0.5, 0.6) is 0 Å². The molecule has 0 bridgehead atoms. The molecule has 1 unspecified atom stereocenters. The van der Waals surface area contributed by atoms with Gasteiger partial charge in [0.15, 0.2) is 11.5 Å². The molecule has 5 aromatic rings. The zero-order valence-corrected chi connectivity index (χ0v) is 33.1. The lowest BCUT2D eigenvalue weighted by Crippen LogP contribution is -2.54. The molecule has 14 nitrogen and oxygen atoms in total. The molecule has 3 fully saturated rings. The van der Waals surface area contributed by atoms with E-state index in [-0.39, 0.29) is 18.7 Å². The van der Waals surface area contributed by atoms with Crippen molar-refractivity contribution in [2.45, 2.75) is 64.3 Å². The molecule has 0 spiro atoms. The van der Waals surface area contributed by atoms with Crippen molar-refractivity contribution in [2.24, 2.45) is 13.0 Å². The van der Waals surface area contributed by atoms with Crippen molar-refractivity contribution in [1.82, 2.24) is 34.9 Å². The highest BCUT2D eigenvalue weighted by molar-refractivity contribution is 6.23. The first-order valence-corrected chi connectivity index (χ1v) is 20.3. The number of aryl methyl sites for hydroxylation is 3. The highest BCUT2D eigenvalue weighted by Crippen LogP contribution is 2.35. The normalized spacial score (nSPS) is 19.5. The molecule has 0 aliphatic carbocycles. The van der Waals surface area contributed by atoms with Crippen molar-refractivity contribution in [3.8, 4) is 0 Å². The summed E-state index contributed by atoms with van der Waals surface area (Å²) in [7, 11) is 1.90. The highest BCUT2D eigenvalue weighted by atomic mass is 16.2. The first-order valence-electron chi connectivity index (χ1n) is 20.3. The second-order valence-electron chi connectivity index (χ2n) is 16.2. The van der Waals surface area contributed by atoms with Gasteiger partial charge in [0.25, 0.3) is 11.8 Å². The number of amides is 4. The zero-order chi connectivity index (χ0) is 40.1. The Morgan fingerprint density at radius 3 is 2.26 bits per heavy atom. The largest absolute Gasteiger partial charge is 0.371 e. The third-order valence-corrected chi connectivity index (χ3v) is 12.5. The van der Waals surface area contributed by atoms with E-state index in [1.54, 1.807) is 16.8 Å². The van der Waals surface area contributed by atoms with Gasteiger partial charge in [-0.3, -0.25) is 29.4 Å². The van der Waals surface area contributed by atoms with Crippen molar-refractivity contribution in [1.29, 1.82) is 0 Å². The van der Waals surface area contributed by atoms with Crippen LogP contribution in [0.1, 0.15) is 81.8 Å². The molecule has 298 valence electrons. The van der Waals surface area contributed by atoms with E-state index in [1.807, 2.05) is 19.3 Å². The zero-order valence-electron chi connectivity index (χ0n) is 33.1. The van der Waals surface area contributed by atoms with Gasteiger partial charge in [-0.1, -0.05) is 30.3 Å². The average molecular weight is 781 g/mol. The van der Waals surface area contributed by atoms with Crippen LogP contribution in [0.2, 0.25) is 0 Å². The molecule has 6 heterocycles. The van der Waals surface area contributed by atoms with E-state index in [2.05, 4.69) is 87.0 Å². The number of nitrogens with zero attached hydrogens (tertiary/aromatic N) is 7. The van der Waals surface area contributed by atoms with Crippen molar-refractivity contribution < 1.29 is 19.2 Å². The molecule has 0 saturated carbocycles. The standard InChI is InChI=1S/C44H48N10O4/c1-26-5-4-6-27(2)38(26)48-39-35-24-45-44(49-40(35)51(3)50-39)46-31-9-7-29(8-10-31)30-17-19-52(20-18-30)25-28-15-21-53(22-16-28)32-11-12-33-34(23-32)43(58)54(42(33)57)36-13-14-37(55)47-41(36)56/h4-12,23-24,28,30,36H,13-22,25H2,1-3H3,(H,48,50)(H,45,46,49)(H,47,55,56). The minimum atomic E-state index is -0.958. The summed E-state index contributed by atoms with van der Waals surface area (Å²) in [5.41, 5.74) is 7.97. The lowest BCUT2D eigenvalue weighted by Gasteiger charge is -2.38. The molecule has 3 saturated heterocycles. The van der Waals surface area contributed by atoms with Crippen molar-refractivity contribution in [3.05, 3.63) is 94.7 Å². The average Bonchev–Trinajstić information content (AvgIpc) is 3.67. The summed E-state index contributed by atoms with van der Waals surface area (Å²) in [4.78, 5) is 65.9. The van der Waals surface area contributed by atoms with Gasteiger partial charge in [-0.2, -0.15) is 10.1 Å². The number of benzene rings is 3. The van der Waals surface area contributed by atoms with Crippen LogP contribution in [0.15, 0.2) is 66.9 Å². The van der Waals surface area contributed by atoms with Crippen LogP contribution in [0, 0.1) is 19.8 Å². The molecule has 4 aliphatic heterocycles. The van der Waals surface area contributed by atoms with Gasteiger partial charge < -0.3 is 20.4 Å². The van der Waals surface area contributed by atoms with Crippen LogP contribution in [0.3, 0.4) is 0 Å². The molecule has 4 amide bonds. The predicted molar refractivity (Wildman–Crippen MR) is 222 cm³/mol. The summed E-state index contributed by atoms with van der Waals surface area (Å²) in [5, 5.41) is 14.7. The number of hydrogen-bond acceptors (Lipinski definition) is 11. The number of carbonyl (C=O) groups excluding carboxylic acids is 4. The fourth-order valence-corrected chi connectivity index (χ4v) is 9.13. The molecule has 4 aliphatic rings. The Morgan fingerprint density at radius 1 is 0.810 bits per heavy atom. The summed E-state index contributed by atoms with van der Waals surface area (Å²) in [6.45, 7) is 9.17. The maximum atomic E-state index is 13.3. The maximum Gasteiger partial charge on any atom is 0.262 e. The molecule has 1 atom stereocenters. The number of hydrogen-bond donors (Lipinski definition) is 3. The smallest absolute Gasteiger partial charge is 0.262 e. The number of imide groups is 2. The summed E-state index contributed by atoms with van der Waals surface area (Å²) in [6, 6.07) is 19.3. The van der Waals surface area contributed by atoms with E-state index in [9.17, 15) is 19.2 Å². The number of aromatic nitrogens is 4. The second kappa shape index (κ2) is 15.3. The number of piperidine rings is 3. The predicted octanol–water partition coefficient (Wildman–Crippen LogP) is 5.96. The highest BCUT2D eigenvalue weighted by Gasteiger charge is 2.45. The van der Waals surface area contributed by atoms with Crippen molar-refractivity contribution >= 4 is 63.5 Å². The third kappa shape index (κ3) is 7.17. The molecule has 9 rings (SSSR count). The van der Waals surface area contributed by atoms with Crippen LogP contribution in [0.4, 0.5) is 28.8 Å². The van der Waals surface area contributed by atoms with Crippen molar-refractivity contribution in [3.63, 3.8) is 0 Å². The van der Waals surface area contributed by atoms with Gasteiger partial charge in [0.1, 0.15) is 6.04 Å². The minimum absolute atomic E-state index is 0.104. The van der Waals surface area contributed by atoms with Gasteiger partial charge in [0.05, 0.1) is 16.5 Å². The molecule has 0 radical (unpaired) electrons. The van der Waals surface area contributed by atoms with E-state index in [0.29, 0.717) is 28.9 Å². The van der Waals surface area contributed by atoms with Crippen LogP contribution in [-0.2, 0) is 16.6 Å². The Labute approximate surface area is 337 Å². The Kier molecular flexibility index (Phi) is 9.88. The Morgan fingerprint density at radius 2 is 1.53 bits per heavy atom. The van der Waals surface area contributed by atoms with E-state index in [1.165, 1.54) is 5.56 Å². The van der Waals surface area contributed by atoms with Crippen LogP contribution >= 0.6 is 0 Å². The SMILES string of the molecule is Cc1cccc(C)c1Nc1nn(C)c2nc(Nc3ccc(C4CCN(CC5CCN(c6ccc7c(c6)C(=O)N(C6CCC(=O)NC6=O)C7=O)CC5)CC4)cc3)ncc12. The number of anilines is 5. The lowest BCUT2D eigenvalue weighted by atomic mass is 9.88. The Balaban J connectivity index is 0.747. The number of para-hydroxylation sites is 1. The Hall–Kier alpha value is -6.15. The molecule has 2 aromatic heterocycles. The molecule has 58 heavy (non-hydrogen) atoms. The third-order valence-electron chi connectivity index (χ3n) is 12.5. The molecule has 14 heteroatoms. The summed E-state index contributed by atoms with van der Waals surface area (Å²) < 4.78 is 1.78. The second-order valence-corrected chi connectivity index (χ2v) is 16.2. The van der Waals surface area contributed by atoms with E-state index >= 15 is 0 Å². The number of likely N-dealkylation sites (tertiary alicyclic amines) is 1. The topological polar surface area (TPSA) is 158 Å². The Bertz CT molecular complexity index is 2410. The summed E-state index contributed by atoms with van der Waals surface area (Å²) in [5.74, 6) is 0.475. The van der Waals surface area contributed by atoms with Gasteiger partial charge in [-0.05, 0) is 118 Å². The van der Waals surface area contributed by atoms with E-state index in [4.69, 9.17) is 10.1 Å². The molecule has 3 aromatic carbocycles. The van der Waals surface area contributed by atoms with Gasteiger partial charge in [-0.15, -0.1) is 0 Å². The van der Waals surface area contributed by atoms with Crippen LogP contribution < -0.4 is 20.9 Å². The maximum absolute atomic E-state index is 13.3. The van der Waals surface area contributed by atoms with Gasteiger partial charge in [-0.25, -0.2) is 9.67 Å². The monoisotopic (exact) mass is 780 g/mol. The number of fused-ring (bicyclic) bond motifs is 2. The summed E-state index contributed by atoms with van der Waals surface area (Å²) >= 11 is 0. The summed E-state index contributed by atoms with van der Waals surface area (Å²) in [6.07, 6.45) is 6.45. The number of carbonyl (C=O) groups is 4. The number of rotatable bonds is 9. The van der Waals surface area contributed by atoms with Gasteiger partial charge in [0.2, 0.25) is 17.8 Å². The minimum Gasteiger partial charge on any atom is -0.371 e. The molecular formula is C44H48N10O4. The van der Waals surface area contributed by atoms with Gasteiger partial charge >= 0.3 is 0 Å². The fraction of sp³-hybridized carbons (Fsp3) is 0.386. The van der Waals surface area contributed by atoms with Crippen LogP contribution in [0.25, 0.3) is 11.0 Å². The van der Waals surface area contributed by atoms with Crippen LogP contribution in [-0.4, -0.2) is 91.9 Å². The van der Waals surface area contributed by atoms with E-state index < -0.39 is 23.8 Å². The molecule has 3 N–H and O–H groups in total. The number of nitrogens with one attached hydrogen (secondary N) is 3. The first-order chi connectivity index (χ1) is 28.1. The first kappa shape index (κ1) is 37.4. The van der Waals surface area contributed by atoms with E-state index in [0.717, 1.165) is 108 Å².